The Hall–Kier alpha value is -3.45. The molecule has 0 spiro atoms. The summed E-state index contributed by atoms with van der Waals surface area (Å²) >= 11 is 1.45. The number of amides is 2. The molecule has 6 nitrogen and oxygen atoms in total. The molecule has 2 aliphatic carbocycles. The van der Waals surface area contributed by atoms with Crippen molar-refractivity contribution in [2.75, 3.05) is 10.6 Å². The van der Waals surface area contributed by atoms with Gasteiger partial charge in [0.1, 0.15) is 5.00 Å². The van der Waals surface area contributed by atoms with Crippen LogP contribution in [0.3, 0.4) is 0 Å². The van der Waals surface area contributed by atoms with Crippen LogP contribution in [0.5, 0.6) is 0 Å². The molecule has 3 N–H and O–H groups in total. The lowest BCUT2D eigenvalue weighted by atomic mass is 9.79. The fourth-order valence-corrected chi connectivity index (χ4v) is 6.54. The van der Waals surface area contributed by atoms with E-state index in [-0.39, 0.29) is 11.8 Å². The van der Waals surface area contributed by atoms with Crippen molar-refractivity contribution in [3.05, 3.63) is 70.6 Å². The van der Waals surface area contributed by atoms with E-state index in [0.717, 1.165) is 53.7 Å². The number of hydrogen-bond donors (Lipinski definition) is 3. The molecular formula is C28H28N2O4S. The average molecular weight is 489 g/mol. The maximum absolute atomic E-state index is 13.4. The smallest absolute Gasteiger partial charge is 0.307 e. The maximum Gasteiger partial charge on any atom is 0.307 e. The van der Waals surface area contributed by atoms with Crippen LogP contribution in [0.4, 0.5) is 10.7 Å². The minimum atomic E-state index is -0.921. The van der Waals surface area contributed by atoms with Crippen molar-refractivity contribution in [1.29, 1.82) is 0 Å². The van der Waals surface area contributed by atoms with E-state index in [9.17, 15) is 19.5 Å². The Balaban J connectivity index is 1.35. The topological polar surface area (TPSA) is 95.5 Å². The molecule has 2 aliphatic rings. The number of thiophene rings is 1. The van der Waals surface area contributed by atoms with E-state index in [4.69, 9.17) is 0 Å². The number of benzene rings is 2. The first-order valence-corrected chi connectivity index (χ1v) is 13.0. The van der Waals surface area contributed by atoms with Crippen LogP contribution >= 0.6 is 11.3 Å². The molecule has 1 heterocycles. The molecule has 1 fully saturated rings. The van der Waals surface area contributed by atoms with Gasteiger partial charge in [0.05, 0.1) is 17.4 Å². The van der Waals surface area contributed by atoms with Crippen LogP contribution in [0, 0.1) is 11.8 Å². The number of rotatable bonds is 6. The number of hydrogen-bond acceptors (Lipinski definition) is 4. The average Bonchev–Trinajstić information content (AvgIpc) is 3.46. The summed E-state index contributed by atoms with van der Waals surface area (Å²) in [6, 6.07) is 17.7. The molecule has 2 aromatic carbocycles. The zero-order valence-electron chi connectivity index (χ0n) is 19.4. The number of fused-ring (bicyclic) bond motifs is 1. The van der Waals surface area contributed by atoms with E-state index in [1.807, 2.05) is 54.6 Å². The minimum absolute atomic E-state index is 0.245. The van der Waals surface area contributed by atoms with Gasteiger partial charge in [-0.3, -0.25) is 14.4 Å². The molecule has 2 atom stereocenters. The first-order chi connectivity index (χ1) is 17.0. The van der Waals surface area contributed by atoms with Crippen LogP contribution in [0.15, 0.2) is 54.6 Å². The van der Waals surface area contributed by atoms with E-state index in [0.29, 0.717) is 29.1 Å². The summed E-state index contributed by atoms with van der Waals surface area (Å²) in [6.45, 7) is 0. The quantitative estimate of drug-likeness (QED) is 0.397. The highest BCUT2D eigenvalue weighted by Crippen LogP contribution is 2.40. The van der Waals surface area contributed by atoms with Crippen LogP contribution in [0.2, 0.25) is 0 Å². The Morgan fingerprint density at radius 2 is 1.49 bits per heavy atom. The van der Waals surface area contributed by atoms with Gasteiger partial charge in [-0.05, 0) is 60.9 Å². The molecule has 7 heteroatoms. The van der Waals surface area contributed by atoms with Crippen molar-refractivity contribution in [3.63, 3.8) is 0 Å². The minimum Gasteiger partial charge on any atom is -0.481 e. The maximum atomic E-state index is 13.4. The molecule has 0 bridgehead atoms. The molecule has 2 unspecified atom stereocenters. The second kappa shape index (κ2) is 10.0. The first kappa shape index (κ1) is 23.3. The van der Waals surface area contributed by atoms with E-state index in [1.54, 1.807) is 0 Å². The molecule has 0 saturated heterocycles. The summed E-state index contributed by atoms with van der Waals surface area (Å²) in [5.74, 6) is -2.70. The zero-order chi connectivity index (χ0) is 24.4. The predicted molar refractivity (Wildman–Crippen MR) is 138 cm³/mol. The number of carbonyl (C=O) groups is 3. The first-order valence-electron chi connectivity index (χ1n) is 12.2. The zero-order valence-corrected chi connectivity index (χ0v) is 20.2. The number of nitrogens with one attached hydrogen (secondary N) is 2. The molecule has 0 radical (unpaired) electrons. The Kier molecular flexibility index (Phi) is 6.68. The van der Waals surface area contributed by atoms with Gasteiger partial charge < -0.3 is 15.7 Å². The van der Waals surface area contributed by atoms with E-state index < -0.39 is 17.8 Å². The Bertz CT molecular complexity index is 1250. The summed E-state index contributed by atoms with van der Waals surface area (Å²) in [4.78, 5) is 39.3. The number of aliphatic carboxylic acids is 1. The van der Waals surface area contributed by atoms with Crippen LogP contribution in [0.1, 0.15) is 52.9 Å². The van der Waals surface area contributed by atoms with Gasteiger partial charge >= 0.3 is 5.97 Å². The number of anilines is 2. The van der Waals surface area contributed by atoms with Crippen LogP contribution in [-0.2, 0) is 22.4 Å². The lowest BCUT2D eigenvalue weighted by Gasteiger charge is -2.27. The lowest BCUT2D eigenvalue weighted by molar-refractivity contribution is -0.147. The standard InChI is InChI=1S/C28H28N2O4S/c31-25(20-9-4-5-10-21(20)28(33)34)30-27-24(22-11-6-12-23(22)35-27)26(32)29-19-15-13-18(14-16-19)17-7-2-1-3-8-17/h1-3,7-8,13-16,20-21H,4-6,9-12H2,(H,29,32)(H,30,31)(H,33,34). The third kappa shape index (κ3) is 4.86. The summed E-state index contributed by atoms with van der Waals surface area (Å²) in [5.41, 5.74) is 4.37. The van der Waals surface area contributed by atoms with Gasteiger partial charge in [-0.15, -0.1) is 11.3 Å². The van der Waals surface area contributed by atoms with Crippen molar-refractivity contribution in [2.45, 2.75) is 44.9 Å². The van der Waals surface area contributed by atoms with Crippen molar-refractivity contribution in [1.82, 2.24) is 0 Å². The van der Waals surface area contributed by atoms with Gasteiger partial charge in [0.2, 0.25) is 5.91 Å². The molecule has 2 amide bonds. The molecular weight excluding hydrogens is 460 g/mol. The van der Waals surface area contributed by atoms with Gasteiger partial charge in [-0.2, -0.15) is 0 Å². The van der Waals surface area contributed by atoms with Crippen LogP contribution in [-0.4, -0.2) is 22.9 Å². The van der Waals surface area contributed by atoms with Gasteiger partial charge in [0.15, 0.2) is 0 Å². The van der Waals surface area contributed by atoms with E-state index in [1.165, 1.54) is 11.3 Å². The molecule has 0 aliphatic heterocycles. The molecule has 5 rings (SSSR count). The highest BCUT2D eigenvalue weighted by atomic mass is 32.1. The molecule has 1 saturated carbocycles. The molecule has 1 aromatic heterocycles. The predicted octanol–water partition coefficient (Wildman–Crippen LogP) is 5.99. The van der Waals surface area contributed by atoms with Crippen LogP contribution < -0.4 is 10.6 Å². The fourth-order valence-electron chi connectivity index (χ4n) is 5.25. The van der Waals surface area contributed by atoms with Gasteiger partial charge in [-0.1, -0.05) is 55.3 Å². The molecule has 3 aromatic rings. The van der Waals surface area contributed by atoms with Gasteiger partial charge in [0.25, 0.3) is 5.91 Å². The summed E-state index contributed by atoms with van der Waals surface area (Å²) in [5, 5.41) is 16.1. The van der Waals surface area contributed by atoms with Crippen molar-refractivity contribution in [3.8, 4) is 11.1 Å². The number of carbonyl (C=O) groups excluding carboxylic acids is 2. The van der Waals surface area contributed by atoms with E-state index >= 15 is 0 Å². The normalized spacial score (nSPS) is 19.1. The SMILES string of the molecule is O=C(Nc1ccc(-c2ccccc2)cc1)c1c(NC(=O)C2CCCCC2C(=O)O)sc2c1CCC2. The second-order valence-electron chi connectivity index (χ2n) is 9.28. The van der Waals surface area contributed by atoms with Crippen molar-refractivity contribution in [2.24, 2.45) is 11.8 Å². The number of carboxylic acids is 1. The van der Waals surface area contributed by atoms with E-state index in [2.05, 4.69) is 10.6 Å². The highest BCUT2D eigenvalue weighted by molar-refractivity contribution is 7.17. The number of aryl methyl sites for hydroxylation is 1. The highest BCUT2D eigenvalue weighted by Gasteiger charge is 2.37. The second-order valence-corrected chi connectivity index (χ2v) is 10.4. The molecule has 35 heavy (non-hydrogen) atoms. The van der Waals surface area contributed by atoms with Gasteiger partial charge in [-0.25, -0.2) is 0 Å². The summed E-state index contributed by atoms with van der Waals surface area (Å²) < 4.78 is 0. The third-order valence-corrected chi connectivity index (χ3v) is 8.26. The monoisotopic (exact) mass is 488 g/mol. The Morgan fingerprint density at radius 1 is 0.800 bits per heavy atom. The largest absolute Gasteiger partial charge is 0.481 e. The molecule has 180 valence electrons. The van der Waals surface area contributed by atoms with Crippen LogP contribution in [0.25, 0.3) is 11.1 Å². The third-order valence-electron chi connectivity index (χ3n) is 7.05. The van der Waals surface area contributed by atoms with Gasteiger partial charge in [0, 0.05) is 10.6 Å². The van der Waals surface area contributed by atoms with Crippen molar-refractivity contribution >= 4 is 39.8 Å². The summed E-state index contributed by atoms with van der Waals surface area (Å²) in [7, 11) is 0. The number of carboxylic acid groups (broad SMARTS) is 1. The fraction of sp³-hybridized carbons (Fsp3) is 0.321. The Labute approximate surface area is 208 Å². The lowest BCUT2D eigenvalue weighted by Crippen LogP contribution is -2.36. The Morgan fingerprint density at radius 3 is 2.20 bits per heavy atom. The summed E-state index contributed by atoms with van der Waals surface area (Å²) in [6.07, 6.45) is 5.43. The van der Waals surface area contributed by atoms with Crippen molar-refractivity contribution < 1.29 is 19.5 Å².